The van der Waals surface area contributed by atoms with E-state index in [-0.39, 0.29) is 0 Å². The fourth-order valence-corrected chi connectivity index (χ4v) is 4.39. The van der Waals surface area contributed by atoms with Crippen molar-refractivity contribution in [2.24, 2.45) is 0 Å². The first-order valence-corrected chi connectivity index (χ1v) is 8.67. The van der Waals surface area contributed by atoms with Crippen molar-refractivity contribution in [3.05, 3.63) is 16.1 Å². The molecule has 0 radical (unpaired) electrons. The lowest BCUT2D eigenvalue weighted by Crippen LogP contribution is -2.35. The summed E-state index contributed by atoms with van der Waals surface area (Å²) in [6.45, 7) is 7.30. The van der Waals surface area contributed by atoms with Crippen LogP contribution in [0.1, 0.15) is 42.9 Å². The fraction of sp³-hybridized carbons (Fsp3) is 0.786. The largest absolute Gasteiger partial charge is 0.299 e. The number of halogens is 1. The van der Waals surface area contributed by atoms with Gasteiger partial charge >= 0.3 is 0 Å². The topological polar surface area (TPSA) is 19.4 Å². The van der Waals surface area contributed by atoms with Gasteiger partial charge in [0.05, 0.1) is 17.6 Å². The Morgan fingerprint density at radius 3 is 2.89 bits per heavy atom. The third-order valence-electron chi connectivity index (χ3n) is 4.46. The van der Waals surface area contributed by atoms with Crippen molar-refractivity contribution < 1.29 is 0 Å². The fourth-order valence-electron chi connectivity index (χ4n) is 3.26. The van der Waals surface area contributed by atoms with Crippen LogP contribution in [0.5, 0.6) is 0 Å². The molecule has 0 amide bonds. The first kappa shape index (κ1) is 13.8. The van der Waals surface area contributed by atoms with Gasteiger partial charge in [0.1, 0.15) is 5.01 Å². The smallest absolute Gasteiger partial charge is 0.110 e. The zero-order valence-electron chi connectivity index (χ0n) is 11.5. The quantitative estimate of drug-likeness (QED) is 0.796. The van der Waals surface area contributed by atoms with Crippen molar-refractivity contribution in [1.82, 2.24) is 14.8 Å². The van der Waals surface area contributed by atoms with E-state index in [2.05, 4.69) is 27.1 Å². The van der Waals surface area contributed by atoms with Crippen LogP contribution in [0.25, 0.3) is 0 Å². The van der Waals surface area contributed by atoms with E-state index < -0.39 is 0 Å². The van der Waals surface area contributed by atoms with E-state index in [4.69, 9.17) is 11.6 Å². The molecule has 2 atom stereocenters. The Balaban J connectivity index is 1.60. The van der Waals surface area contributed by atoms with Crippen molar-refractivity contribution in [3.8, 4) is 0 Å². The number of likely N-dealkylation sites (tertiary alicyclic amines) is 2. The minimum absolute atomic E-state index is 0.439. The van der Waals surface area contributed by atoms with Crippen molar-refractivity contribution >= 4 is 22.9 Å². The standard InChI is InChI=1S/C14H22ClN3S/c1-11(14-16-12(8-15)10-19-14)18-7-4-13(9-18)17-5-2-3-6-17/h10-11,13H,2-9H2,1H3. The SMILES string of the molecule is CC(c1nc(CCl)cs1)N1CCC(N2CCCC2)C1. The number of aromatic nitrogens is 1. The van der Waals surface area contributed by atoms with E-state index in [9.17, 15) is 0 Å². The third-order valence-corrected chi connectivity index (χ3v) is 5.80. The summed E-state index contributed by atoms with van der Waals surface area (Å²) >= 11 is 7.59. The minimum Gasteiger partial charge on any atom is -0.299 e. The number of hydrogen-bond acceptors (Lipinski definition) is 4. The molecule has 0 saturated carbocycles. The second-order valence-corrected chi connectivity index (χ2v) is 6.82. The van der Waals surface area contributed by atoms with Gasteiger partial charge in [-0.25, -0.2) is 4.98 Å². The molecule has 1 aromatic heterocycles. The van der Waals surface area contributed by atoms with Crippen LogP contribution in [0.15, 0.2) is 5.38 Å². The molecule has 3 heterocycles. The van der Waals surface area contributed by atoms with Gasteiger partial charge in [-0.1, -0.05) is 0 Å². The molecule has 1 aromatic rings. The number of hydrogen-bond donors (Lipinski definition) is 0. The molecule has 106 valence electrons. The Hall–Kier alpha value is -0.160. The van der Waals surface area contributed by atoms with Crippen molar-refractivity contribution in [1.29, 1.82) is 0 Å². The van der Waals surface area contributed by atoms with Crippen LogP contribution in [0.2, 0.25) is 0 Å². The summed E-state index contributed by atoms with van der Waals surface area (Å²) in [5.41, 5.74) is 1.02. The van der Waals surface area contributed by atoms with Crippen LogP contribution in [-0.2, 0) is 5.88 Å². The molecule has 3 rings (SSSR count). The van der Waals surface area contributed by atoms with E-state index in [1.165, 1.54) is 50.4 Å². The van der Waals surface area contributed by atoms with Crippen molar-refractivity contribution in [2.75, 3.05) is 26.2 Å². The molecule has 5 heteroatoms. The molecule has 2 aliphatic rings. The summed E-state index contributed by atoms with van der Waals surface area (Å²) in [5.74, 6) is 0.527. The predicted molar refractivity (Wildman–Crippen MR) is 80.9 cm³/mol. The van der Waals surface area contributed by atoms with Crippen molar-refractivity contribution in [2.45, 2.75) is 44.1 Å². The van der Waals surface area contributed by atoms with Crippen LogP contribution in [0.3, 0.4) is 0 Å². The van der Waals surface area contributed by atoms with Gasteiger partial charge < -0.3 is 0 Å². The summed E-state index contributed by atoms with van der Waals surface area (Å²) in [6, 6.07) is 1.21. The normalized spacial score (nSPS) is 27.2. The van der Waals surface area contributed by atoms with Gasteiger partial charge in [0.25, 0.3) is 0 Å². The zero-order chi connectivity index (χ0) is 13.2. The highest BCUT2D eigenvalue weighted by Gasteiger charge is 2.32. The molecule has 0 N–H and O–H groups in total. The molecule has 2 fully saturated rings. The van der Waals surface area contributed by atoms with Gasteiger partial charge in [-0.05, 0) is 39.3 Å². The van der Waals surface area contributed by atoms with E-state index in [1.807, 2.05) is 0 Å². The van der Waals surface area contributed by atoms with Crippen molar-refractivity contribution in [3.63, 3.8) is 0 Å². The Morgan fingerprint density at radius 1 is 1.42 bits per heavy atom. The zero-order valence-corrected chi connectivity index (χ0v) is 13.1. The van der Waals surface area contributed by atoms with E-state index >= 15 is 0 Å². The second-order valence-electron chi connectivity index (χ2n) is 5.67. The predicted octanol–water partition coefficient (Wildman–Crippen LogP) is 3.11. The van der Waals surface area contributed by atoms with E-state index in [0.29, 0.717) is 11.9 Å². The molecule has 2 aliphatic heterocycles. The number of alkyl halides is 1. The third kappa shape index (κ3) is 2.97. The summed E-state index contributed by atoms with van der Waals surface area (Å²) in [4.78, 5) is 9.89. The van der Waals surface area contributed by atoms with Gasteiger partial charge in [0.15, 0.2) is 0 Å². The summed E-state index contributed by atoms with van der Waals surface area (Å²) in [7, 11) is 0. The molecule has 0 spiro atoms. The summed E-state index contributed by atoms with van der Waals surface area (Å²) < 4.78 is 0. The monoisotopic (exact) mass is 299 g/mol. The molecule has 2 saturated heterocycles. The lowest BCUT2D eigenvalue weighted by Gasteiger charge is -2.26. The second kappa shape index (κ2) is 6.08. The maximum absolute atomic E-state index is 5.84. The maximum atomic E-state index is 5.84. The Bertz CT molecular complexity index is 417. The number of nitrogens with zero attached hydrogens (tertiary/aromatic N) is 3. The van der Waals surface area contributed by atoms with Crippen LogP contribution >= 0.6 is 22.9 Å². The average molecular weight is 300 g/mol. The van der Waals surface area contributed by atoms with Crippen LogP contribution in [-0.4, -0.2) is 47.0 Å². The molecule has 19 heavy (non-hydrogen) atoms. The molecule has 0 aliphatic carbocycles. The Labute approximate surface area is 124 Å². The van der Waals surface area contributed by atoms with Gasteiger partial charge in [-0.2, -0.15) is 0 Å². The highest BCUT2D eigenvalue weighted by atomic mass is 35.5. The Morgan fingerprint density at radius 2 is 2.21 bits per heavy atom. The molecule has 0 bridgehead atoms. The first-order chi connectivity index (χ1) is 9.28. The van der Waals surface area contributed by atoms with Crippen LogP contribution in [0, 0.1) is 0 Å². The first-order valence-electron chi connectivity index (χ1n) is 7.26. The molecule has 0 aromatic carbocycles. The highest BCUT2D eigenvalue weighted by molar-refractivity contribution is 7.09. The average Bonchev–Trinajstić information content (AvgIpc) is 3.16. The highest BCUT2D eigenvalue weighted by Crippen LogP contribution is 2.29. The van der Waals surface area contributed by atoms with Crippen LogP contribution < -0.4 is 0 Å². The minimum atomic E-state index is 0.439. The maximum Gasteiger partial charge on any atom is 0.110 e. The molecule has 3 nitrogen and oxygen atoms in total. The number of thiazole rings is 1. The summed E-state index contributed by atoms with van der Waals surface area (Å²) in [5, 5.41) is 3.31. The lowest BCUT2D eigenvalue weighted by molar-refractivity contribution is 0.208. The lowest BCUT2D eigenvalue weighted by atomic mass is 10.2. The summed E-state index contributed by atoms with van der Waals surface area (Å²) in [6.07, 6.45) is 4.09. The molecular formula is C14H22ClN3S. The molecular weight excluding hydrogens is 278 g/mol. The van der Waals surface area contributed by atoms with E-state index in [1.54, 1.807) is 11.3 Å². The Kier molecular flexibility index (Phi) is 4.42. The molecule has 2 unspecified atom stereocenters. The number of rotatable bonds is 4. The van der Waals surface area contributed by atoms with Gasteiger partial charge in [-0.3, -0.25) is 9.80 Å². The van der Waals surface area contributed by atoms with Gasteiger partial charge in [-0.15, -0.1) is 22.9 Å². The van der Waals surface area contributed by atoms with Crippen LogP contribution in [0.4, 0.5) is 0 Å². The van der Waals surface area contributed by atoms with Gasteiger partial charge in [0.2, 0.25) is 0 Å². The van der Waals surface area contributed by atoms with E-state index in [0.717, 1.165) is 11.7 Å². The van der Waals surface area contributed by atoms with Gasteiger partial charge in [0, 0.05) is 24.5 Å².